The molecule has 1 rings (SSSR count). The zero-order valence-electron chi connectivity index (χ0n) is 13.6. The number of rotatable bonds is 8. The first-order chi connectivity index (χ1) is 9.12. The summed E-state index contributed by atoms with van der Waals surface area (Å²) >= 11 is 0. The lowest BCUT2D eigenvalue weighted by Crippen LogP contribution is -2.18. The van der Waals surface area contributed by atoms with Gasteiger partial charge in [0.2, 0.25) is 0 Å². The van der Waals surface area contributed by atoms with Crippen LogP contribution < -0.4 is 5.32 Å². The largest absolute Gasteiger partial charge is 0.313 e. The molecule has 0 aliphatic heterocycles. The number of nitrogens with one attached hydrogen (secondary N) is 1. The van der Waals surface area contributed by atoms with E-state index >= 15 is 0 Å². The van der Waals surface area contributed by atoms with Crippen molar-refractivity contribution in [3.05, 3.63) is 17.0 Å². The van der Waals surface area contributed by atoms with E-state index in [-0.39, 0.29) is 0 Å². The van der Waals surface area contributed by atoms with Gasteiger partial charge in [-0.05, 0) is 32.2 Å². The summed E-state index contributed by atoms with van der Waals surface area (Å²) in [5.41, 5.74) is 4.16. The van der Waals surface area contributed by atoms with Crippen LogP contribution in [-0.2, 0) is 19.4 Å². The van der Waals surface area contributed by atoms with Crippen LogP contribution >= 0.6 is 0 Å². The Morgan fingerprint density at radius 3 is 2.21 bits per heavy atom. The third-order valence-corrected chi connectivity index (χ3v) is 4.13. The van der Waals surface area contributed by atoms with Crippen molar-refractivity contribution in [1.82, 2.24) is 15.1 Å². The maximum Gasteiger partial charge on any atom is 0.0672 e. The van der Waals surface area contributed by atoms with Gasteiger partial charge >= 0.3 is 0 Å². The third-order valence-electron chi connectivity index (χ3n) is 4.13. The van der Waals surface area contributed by atoms with E-state index in [1.54, 1.807) is 0 Å². The molecule has 0 fully saturated rings. The van der Waals surface area contributed by atoms with Crippen molar-refractivity contribution < 1.29 is 0 Å². The fraction of sp³-hybridized carbons (Fsp3) is 0.812. The first-order valence-corrected chi connectivity index (χ1v) is 7.88. The molecule has 19 heavy (non-hydrogen) atoms. The second kappa shape index (κ2) is 7.68. The first-order valence-electron chi connectivity index (χ1n) is 7.88. The molecular weight excluding hydrogens is 234 g/mol. The average molecular weight is 265 g/mol. The molecule has 2 atom stereocenters. The van der Waals surface area contributed by atoms with Gasteiger partial charge in [-0.25, -0.2) is 0 Å². The molecule has 0 radical (unpaired) electrons. The molecule has 0 saturated carbocycles. The minimum Gasteiger partial charge on any atom is -0.313 e. The summed E-state index contributed by atoms with van der Waals surface area (Å²) in [6, 6.07) is 0.440. The lowest BCUT2D eigenvalue weighted by molar-refractivity contribution is 0.426. The summed E-state index contributed by atoms with van der Waals surface area (Å²) in [6.45, 7) is 12.3. The van der Waals surface area contributed by atoms with Crippen LogP contribution in [0.15, 0.2) is 0 Å². The summed E-state index contributed by atoms with van der Waals surface area (Å²) in [4.78, 5) is 0. The number of hydrogen-bond acceptors (Lipinski definition) is 2. The Kier molecular flexibility index (Phi) is 6.56. The highest BCUT2D eigenvalue weighted by molar-refractivity contribution is 5.30. The van der Waals surface area contributed by atoms with Crippen molar-refractivity contribution in [2.75, 3.05) is 7.05 Å². The van der Waals surface area contributed by atoms with Crippen LogP contribution in [0.25, 0.3) is 0 Å². The third kappa shape index (κ3) is 3.59. The van der Waals surface area contributed by atoms with Crippen molar-refractivity contribution in [3.8, 4) is 0 Å². The molecule has 3 nitrogen and oxygen atoms in total. The molecular formula is C16H31N3. The molecule has 0 amide bonds. The summed E-state index contributed by atoms with van der Waals surface area (Å²) in [5, 5.41) is 8.33. The second-order valence-electron chi connectivity index (χ2n) is 5.46. The van der Waals surface area contributed by atoms with Crippen LogP contribution in [0, 0.1) is 5.92 Å². The molecule has 1 N–H and O–H groups in total. The number of aryl methyl sites for hydroxylation is 1. The van der Waals surface area contributed by atoms with Gasteiger partial charge < -0.3 is 5.32 Å². The minimum atomic E-state index is 0.440. The zero-order valence-corrected chi connectivity index (χ0v) is 13.6. The van der Waals surface area contributed by atoms with E-state index in [2.05, 4.69) is 51.7 Å². The Bertz CT molecular complexity index is 378. The van der Waals surface area contributed by atoms with Gasteiger partial charge in [-0.2, -0.15) is 5.10 Å². The van der Waals surface area contributed by atoms with Gasteiger partial charge in [-0.15, -0.1) is 0 Å². The van der Waals surface area contributed by atoms with Crippen LogP contribution in [0.1, 0.15) is 70.5 Å². The molecule has 2 unspecified atom stereocenters. The van der Waals surface area contributed by atoms with Crippen molar-refractivity contribution in [1.29, 1.82) is 0 Å². The highest BCUT2D eigenvalue weighted by Crippen LogP contribution is 2.26. The predicted molar refractivity (Wildman–Crippen MR) is 82.5 cm³/mol. The summed E-state index contributed by atoms with van der Waals surface area (Å²) < 4.78 is 2.27. The smallest absolute Gasteiger partial charge is 0.0672 e. The SMILES string of the molecule is CCc1nn(CC(C)CC)c(CC)c1C(CC)NC. The Morgan fingerprint density at radius 2 is 1.79 bits per heavy atom. The van der Waals surface area contributed by atoms with Crippen molar-refractivity contribution in [3.63, 3.8) is 0 Å². The number of aromatic nitrogens is 2. The van der Waals surface area contributed by atoms with E-state index in [9.17, 15) is 0 Å². The molecule has 1 aromatic rings. The van der Waals surface area contributed by atoms with E-state index in [0.717, 1.165) is 25.8 Å². The monoisotopic (exact) mass is 265 g/mol. The molecule has 3 heteroatoms. The van der Waals surface area contributed by atoms with Gasteiger partial charge in [0.25, 0.3) is 0 Å². The molecule has 0 aliphatic rings. The number of hydrogen-bond donors (Lipinski definition) is 1. The van der Waals surface area contributed by atoms with E-state index < -0.39 is 0 Å². The molecule has 110 valence electrons. The van der Waals surface area contributed by atoms with E-state index in [1.165, 1.54) is 23.4 Å². The number of nitrogens with zero attached hydrogens (tertiary/aromatic N) is 2. The lowest BCUT2D eigenvalue weighted by atomic mass is 9.99. The fourth-order valence-electron chi connectivity index (χ4n) is 2.73. The molecule has 1 heterocycles. The Morgan fingerprint density at radius 1 is 1.11 bits per heavy atom. The highest BCUT2D eigenvalue weighted by Gasteiger charge is 2.21. The molecule has 0 bridgehead atoms. The second-order valence-corrected chi connectivity index (χ2v) is 5.46. The van der Waals surface area contributed by atoms with Gasteiger partial charge in [0.05, 0.1) is 5.69 Å². The van der Waals surface area contributed by atoms with Crippen LogP contribution in [-0.4, -0.2) is 16.8 Å². The van der Waals surface area contributed by atoms with E-state index in [0.29, 0.717) is 12.0 Å². The molecule has 0 aromatic carbocycles. The van der Waals surface area contributed by atoms with Crippen molar-refractivity contribution in [2.45, 2.75) is 72.9 Å². The standard InChI is InChI=1S/C16H31N3/c1-7-12(5)11-19-15(10-4)16(13(8-2)17-6)14(9-3)18-19/h12-13,17H,7-11H2,1-6H3. The Balaban J connectivity index is 3.20. The minimum absolute atomic E-state index is 0.440. The summed E-state index contributed by atoms with van der Waals surface area (Å²) in [7, 11) is 2.05. The average Bonchev–Trinajstić information content (AvgIpc) is 2.77. The van der Waals surface area contributed by atoms with E-state index in [4.69, 9.17) is 5.10 Å². The Labute approximate surface area is 118 Å². The molecule has 0 saturated heterocycles. The topological polar surface area (TPSA) is 29.9 Å². The molecule has 1 aromatic heterocycles. The highest BCUT2D eigenvalue weighted by atomic mass is 15.3. The van der Waals surface area contributed by atoms with Crippen LogP contribution in [0.3, 0.4) is 0 Å². The van der Waals surface area contributed by atoms with Crippen molar-refractivity contribution in [2.24, 2.45) is 5.92 Å². The van der Waals surface area contributed by atoms with Gasteiger partial charge in [0, 0.05) is 23.8 Å². The quantitative estimate of drug-likeness (QED) is 0.776. The molecule has 0 spiro atoms. The zero-order chi connectivity index (χ0) is 14.4. The van der Waals surface area contributed by atoms with Gasteiger partial charge in [0.15, 0.2) is 0 Å². The molecule has 0 aliphatic carbocycles. The van der Waals surface area contributed by atoms with Crippen LogP contribution in [0.4, 0.5) is 0 Å². The maximum absolute atomic E-state index is 4.88. The Hall–Kier alpha value is -0.830. The summed E-state index contributed by atoms with van der Waals surface area (Å²) in [6.07, 6.45) is 4.42. The van der Waals surface area contributed by atoms with Crippen LogP contribution in [0.2, 0.25) is 0 Å². The van der Waals surface area contributed by atoms with Gasteiger partial charge in [-0.1, -0.05) is 41.0 Å². The normalized spacial score (nSPS) is 14.6. The maximum atomic E-state index is 4.88. The van der Waals surface area contributed by atoms with Gasteiger partial charge in [0.1, 0.15) is 0 Å². The van der Waals surface area contributed by atoms with Crippen molar-refractivity contribution >= 4 is 0 Å². The lowest BCUT2D eigenvalue weighted by Gasteiger charge is -2.17. The van der Waals surface area contributed by atoms with Gasteiger partial charge in [-0.3, -0.25) is 4.68 Å². The summed E-state index contributed by atoms with van der Waals surface area (Å²) in [5.74, 6) is 0.692. The fourth-order valence-corrected chi connectivity index (χ4v) is 2.73. The first kappa shape index (κ1) is 16.2. The predicted octanol–water partition coefficient (Wildman–Crippen LogP) is 3.72. The van der Waals surface area contributed by atoms with Crippen LogP contribution in [0.5, 0.6) is 0 Å². The van der Waals surface area contributed by atoms with E-state index in [1.807, 2.05) is 0 Å².